The van der Waals surface area contributed by atoms with Crippen LogP contribution in [0.4, 0.5) is 5.69 Å². The van der Waals surface area contributed by atoms with Crippen LogP contribution in [0.3, 0.4) is 0 Å². The van der Waals surface area contributed by atoms with Crippen molar-refractivity contribution in [2.75, 3.05) is 37.7 Å². The first-order chi connectivity index (χ1) is 15.4. The summed E-state index contributed by atoms with van der Waals surface area (Å²) < 4.78 is 32.7. The molecule has 170 valence electrons. The molecule has 2 amide bonds. The SMILES string of the molecule is Cc1ccc(C(=O)NCc2ccc(N3CCCC3=O)cc2)cc1S(=O)(=O)N1CCOCC1. The minimum atomic E-state index is -3.69. The van der Waals surface area contributed by atoms with E-state index in [2.05, 4.69) is 5.32 Å². The van der Waals surface area contributed by atoms with Crippen LogP contribution in [0.5, 0.6) is 0 Å². The summed E-state index contributed by atoms with van der Waals surface area (Å²) in [5, 5.41) is 2.84. The van der Waals surface area contributed by atoms with Crippen molar-refractivity contribution >= 4 is 27.5 Å². The third-order valence-electron chi connectivity index (χ3n) is 5.81. The molecule has 2 aromatic carbocycles. The number of benzene rings is 2. The van der Waals surface area contributed by atoms with Gasteiger partial charge in [0.05, 0.1) is 18.1 Å². The zero-order valence-electron chi connectivity index (χ0n) is 18.0. The number of sulfonamides is 1. The fraction of sp³-hybridized carbons (Fsp3) is 0.391. The molecule has 32 heavy (non-hydrogen) atoms. The van der Waals surface area contributed by atoms with Gasteiger partial charge in [0.1, 0.15) is 0 Å². The van der Waals surface area contributed by atoms with Gasteiger partial charge in [-0.05, 0) is 48.7 Å². The third-order valence-corrected chi connectivity index (χ3v) is 7.85. The van der Waals surface area contributed by atoms with Crippen molar-refractivity contribution in [1.82, 2.24) is 9.62 Å². The first kappa shape index (κ1) is 22.4. The van der Waals surface area contributed by atoms with Crippen LogP contribution >= 0.6 is 0 Å². The largest absolute Gasteiger partial charge is 0.379 e. The van der Waals surface area contributed by atoms with E-state index in [1.807, 2.05) is 24.3 Å². The van der Waals surface area contributed by atoms with Crippen molar-refractivity contribution in [2.45, 2.75) is 31.2 Å². The smallest absolute Gasteiger partial charge is 0.251 e. The van der Waals surface area contributed by atoms with Crippen LogP contribution < -0.4 is 10.2 Å². The molecular formula is C23H27N3O5S. The lowest BCUT2D eigenvalue weighted by molar-refractivity contribution is -0.117. The standard InChI is InChI=1S/C23H27N3O5S/c1-17-4-7-19(15-21(17)32(29,30)25-11-13-31-14-12-25)23(28)24-16-18-5-8-20(9-6-18)26-10-2-3-22(26)27/h4-9,15H,2-3,10-14,16H2,1H3,(H,24,28). The summed E-state index contributed by atoms with van der Waals surface area (Å²) >= 11 is 0. The fourth-order valence-electron chi connectivity index (χ4n) is 3.94. The van der Waals surface area contributed by atoms with Gasteiger partial charge in [-0.3, -0.25) is 9.59 Å². The number of aryl methyl sites for hydroxylation is 1. The molecule has 4 rings (SSSR count). The van der Waals surface area contributed by atoms with E-state index in [0.29, 0.717) is 50.4 Å². The van der Waals surface area contributed by atoms with Crippen LogP contribution in [-0.2, 0) is 26.1 Å². The van der Waals surface area contributed by atoms with Crippen molar-refractivity contribution in [3.8, 4) is 0 Å². The highest BCUT2D eigenvalue weighted by Crippen LogP contribution is 2.23. The summed E-state index contributed by atoms with van der Waals surface area (Å²) in [5.41, 5.74) is 2.64. The van der Waals surface area contributed by atoms with E-state index in [1.165, 1.54) is 10.4 Å². The normalized spacial score (nSPS) is 17.5. The number of hydrogen-bond acceptors (Lipinski definition) is 5. The maximum Gasteiger partial charge on any atom is 0.251 e. The zero-order chi connectivity index (χ0) is 22.7. The summed E-state index contributed by atoms with van der Waals surface area (Å²) in [6.07, 6.45) is 1.45. The fourth-order valence-corrected chi connectivity index (χ4v) is 5.60. The molecule has 0 spiro atoms. The topological polar surface area (TPSA) is 96.0 Å². The Morgan fingerprint density at radius 1 is 1.06 bits per heavy atom. The molecule has 2 heterocycles. The number of nitrogens with zero attached hydrogens (tertiary/aromatic N) is 2. The number of hydrogen-bond donors (Lipinski definition) is 1. The Kier molecular flexibility index (Phi) is 6.59. The van der Waals surface area contributed by atoms with Gasteiger partial charge in [0, 0.05) is 43.9 Å². The summed E-state index contributed by atoms with van der Waals surface area (Å²) in [6, 6.07) is 12.2. The molecule has 0 radical (unpaired) electrons. The lowest BCUT2D eigenvalue weighted by Gasteiger charge is -2.26. The highest BCUT2D eigenvalue weighted by Gasteiger charge is 2.28. The molecule has 0 atom stereocenters. The maximum atomic E-state index is 13.0. The average molecular weight is 458 g/mol. The van der Waals surface area contributed by atoms with Crippen molar-refractivity contribution < 1.29 is 22.7 Å². The summed E-state index contributed by atoms with van der Waals surface area (Å²) in [4.78, 5) is 26.5. The number of carbonyl (C=O) groups excluding carboxylic acids is 2. The van der Waals surface area contributed by atoms with Gasteiger partial charge in [-0.1, -0.05) is 18.2 Å². The number of ether oxygens (including phenoxy) is 1. The Morgan fingerprint density at radius 2 is 1.78 bits per heavy atom. The number of rotatable bonds is 6. The summed E-state index contributed by atoms with van der Waals surface area (Å²) in [7, 11) is -3.69. The third kappa shape index (κ3) is 4.69. The van der Waals surface area contributed by atoms with E-state index < -0.39 is 10.0 Å². The molecule has 2 saturated heterocycles. The lowest BCUT2D eigenvalue weighted by atomic mass is 10.1. The molecule has 1 N–H and O–H groups in total. The first-order valence-corrected chi connectivity index (χ1v) is 12.2. The monoisotopic (exact) mass is 457 g/mol. The zero-order valence-corrected chi connectivity index (χ0v) is 18.9. The van der Waals surface area contributed by atoms with Crippen LogP contribution in [0.2, 0.25) is 0 Å². The van der Waals surface area contributed by atoms with Gasteiger partial charge < -0.3 is 15.0 Å². The molecule has 0 bridgehead atoms. The van der Waals surface area contributed by atoms with E-state index in [-0.39, 0.29) is 16.7 Å². The summed E-state index contributed by atoms with van der Waals surface area (Å²) in [5.74, 6) is -0.213. The van der Waals surface area contributed by atoms with E-state index >= 15 is 0 Å². The van der Waals surface area contributed by atoms with Crippen molar-refractivity contribution in [2.24, 2.45) is 0 Å². The molecule has 2 aliphatic rings. The van der Waals surface area contributed by atoms with Gasteiger partial charge in [-0.25, -0.2) is 8.42 Å². The molecule has 8 nitrogen and oxygen atoms in total. The lowest BCUT2D eigenvalue weighted by Crippen LogP contribution is -2.41. The molecule has 0 unspecified atom stereocenters. The quantitative estimate of drug-likeness (QED) is 0.717. The van der Waals surface area contributed by atoms with Gasteiger partial charge in [0.25, 0.3) is 5.91 Å². The Labute approximate surface area is 188 Å². The Hall–Kier alpha value is -2.75. The molecule has 0 aromatic heterocycles. The van der Waals surface area contributed by atoms with E-state index in [0.717, 1.165) is 24.2 Å². The molecule has 2 aromatic rings. The predicted molar refractivity (Wildman–Crippen MR) is 120 cm³/mol. The number of amides is 2. The second-order valence-corrected chi connectivity index (χ2v) is 9.90. The van der Waals surface area contributed by atoms with Crippen molar-refractivity contribution in [3.05, 3.63) is 59.2 Å². The van der Waals surface area contributed by atoms with Gasteiger partial charge >= 0.3 is 0 Å². The van der Waals surface area contributed by atoms with Crippen LogP contribution in [0.15, 0.2) is 47.4 Å². The van der Waals surface area contributed by atoms with E-state index in [4.69, 9.17) is 4.74 Å². The van der Waals surface area contributed by atoms with Gasteiger partial charge in [0.2, 0.25) is 15.9 Å². The molecule has 2 aliphatic heterocycles. The van der Waals surface area contributed by atoms with Crippen LogP contribution in [0.25, 0.3) is 0 Å². The minimum Gasteiger partial charge on any atom is -0.379 e. The number of morpholine rings is 1. The van der Waals surface area contributed by atoms with E-state index in [1.54, 1.807) is 24.0 Å². The Balaban J connectivity index is 1.43. The summed E-state index contributed by atoms with van der Waals surface area (Å²) in [6.45, 7) is 4.09. The second kappa shape index (κ2) is 9.40. The Bertz CT molecular complexity index is 1110. The van der Waals surface area contributed by atoms with Crippen LogP contribution in [0.1, 0.15) is 34.3 Å². The number of nitrogens with one attached hydrogen (secondary N) is 1. The highest BCUT2D eigenvalue weighted by atomic mass is 32.2. The number of anilines is 1. The molecule has 0 aliphatic carbocycles. The average Bonchev–Trinajstić information content (AvgIpc) is 3.24. The van der Waals surface area contributed by atoms with Gasteiger partial charge in [0.15, 0.2) is 0 Å². The van der Waals surface area contributed by atoms with Crippen LogP contribution in [-0.4, -0.2) is 57.4 Å². The Morgan fingerprint density at radius 3 is 2.44 bits per heavy atom. The van der Waals surface area contributed by atoms with Gasteiger partial charge in [-0.2, -0.15) is 4.31 Å². The predicted octanol–water partition coefficient (Wildman–Crippen LogP) is 2.07. The highest BCUT2D eigenvalue weighted by molar-refractivity contribution is 7.89. The number of carbonyl (C=O) groups is 2. The van der Waals surface area contributed by atoms with Gasteiger partial charge in [-0.15, -0.1) is 0 Å². The van der Waals surface area contributed by atoms with E-state index in [9.17, 15) is 18.0 Å². The van der Waals surface area contributed by atoms with Crippen molar-refractivity contribution in [1.29, 1.82) is 0 Å². The molecule has 0 saturated carbocycles. The second-order valence-electron chi connectivity index (χ2n) is 7.99. The molecular weight excluding hydrogens is 430 g/mol. The first-order valence-electron chi connectivity index (χ1n) is 10.7. The molecule has 9 heteroatoms. The molecule has 2 fully saturated rings. The van der Waals surface area contributed by atoms with Crippen molar-refractivity contribution in [3.63, 3.8) is 0 Å². The van der Waals surface area contributed by atoms with Crippen LogP contribution in [0, 0.1) is 6.92 Å². The minimum absolute atomic E-state index is 0.133. The maximum absolute atomic E-state index is 13.0.